The van der Waals surface area contributed by atoms with Gasteiger partial charge in [-0.25, -0.2) is 8.42 Å². The molecule has 0 amide bonds. The van der Waals surface area contributed by atoms with E-state index in [9.17, 15) is 8.42 Å². The van der Waals surface area contributed by atoms with Crippen molar-refractivity contribution in [3.8, 4) is 11.4 Å². The third-order valence-corrected chi connectivity index (χ3v) is 8.66. The van der Waals surface area contributed by atoms with Crippen LogP contribution in [-0.4, -0.2) is 37.5 Å². The molecule has 5 rings (SSSR count). The van der Waals surface area contributed by atoms with E-state index in [4.69, 9.17) is 4.74 Å². The Balaban J connectivity index is 1.40. The molecule has 0 aliphatic carbocycles. The lowest BCUT2D eigenvalue weighted by Crippen LogP contribution is -2.50. The number of ether oxygens (including phenoxy) is 1. The lowest BCUT2D eigenvalue weighted by molar-refractivity contribution is 0.247. The molecular weight excluding hydrogens is 422 g/mol. The van der Waals surface area contributed by atoms with Crippen LogP contribution in [0.1, 0.15) is 37.4 Å². The third-order valence-electron chi connectivity index (χ3n) is 6.75. The summed E-state index contributed by atoms with van der Waals surface area (Å²) in [6.45, 7) is 3.06. The van der Waals surface area contributed by atoms with Crippen molar-refractivity contribution in [1.29, 1.82) is 0 Å². The van der Waals surface area contributed by atoms with Crippen LogP contribution >= 0.6 is 0 Å². The number of nitrogens with zero attached hydrogens (tertiary/aromatic N) is 2. The average molecular weight is 452 g/mol. The molecule has 1 N–H and O–H groups in total. The van der Waals surface area contributed by atoms with Crippen LogP contribution in [0.4, 0.5) is 5.69 Å². The zero-order chi connectivity index (χ0) is 22.3. The van der Waals surface area contributed by atoms with E-state index in [1.165, 1.54) is 11.3 Å². The lowest BCUT2D eigenvalue weighted by atomic mass is 9.83. The molecule has 6 nitrogen and oxygen atoms in total. The Bertz CT molecular complexity index is 1220. The molecule has 1 aromatic heterocycles. The quantitative estimate of drug-likeness (QED) is 0.618. The van der Waals surface area contributed by atoms with Gasteiger partial charge in [-0.05, 0) is 61.2 Å². The van der Waals surface area contributed by atoms with Gasteiger partial charge in [0.25, 0.3) is 0 Å². The van der Waals surface area contributed by atoms with Crippen LogP contribution < -0.4 is 10.1 Å². The van der Waals surface area contributed by atoms with E-state index in [-0.39, 0.29) is 5.54 Å². The monoisotopic (exact) mass is 451 g/mol. The summed E-state index contributed by atoms with van der Waals surface area (Å²) in [6.07, 6.45) is 5.47. The molecule has 0 atom stereocenters. The van der Waals surface area contributed by atoms with Crippen molar-refractivity contribution in [3.05, 3.63) is 72.1 Å². The molecule has 0 saturated carbocycles. The highest BCUT2D eigenvalue weighted by atomic mass is 32.2. The summed E-state index contributed by atoms with van der Waals surface area (Å²) in [4.78, 5) is 0.378. The van der Waals surface area contributed by atoms with Gasteiger partial charge in [-0.3, -0.25) is 0 Å². The fourth-order valence-electron chi connectivity index (χ4n) is 5.01. The highest BCUT2D eigenvalue weighted by Gasteiger charge is 2.43. The van der Waals surface area contributed by atoms with E-state index in [1.54, 1.807) is 23.5 Å². The fourth-order valence-corrected chi connectivity index (χ4v) is 6.45. The number of piperidine rings is 1. The first kappa shape index (κ1) is 21.1. The SMILES string of the molecule is CCCc1ccc(S(=O)(=O)N2CCC3(CC2)Nc2cc(OC)ccc2-n2cccc23)cc1. The Labute approximate surface area is 189 Å². The molecule has 3 aromatic rings. The second kappa shape index (κ2) is 7.98. The highest BCUT2D eigenvalue weighted by molar-refractivity contribution is 7.89. The number of benzene rings is 2. The van der Waals surface area contributed by atoms with E-state index < -0.39 is 10.0 Å². The molecular formula is C25H29N3O3S. The van der Waals surface area contributed by atoms with Crippen molar-refractivity contribution in [2.45, 2.75) is 43.0 Å². The Kier molecular flexibility index (Phi) is 5.26. The second-order valence-electron chi connectivity index (χ2n) is 8.65. The summed E-state index contributed by atoms with van der Waals surface area (Å²) in [7, 11) is -1.84. The minimum absolute atomic E-state index is 0.306. The lowest BCUT2D eigenvalue weighted by Gasteiger charge is -2.46. The predicted octanol–water partition coefficient (Wildman–Crippen LogP) is 4.54. The number of anilines is 1. The first-order valence-corrected chi connectivity index (χ1v) is 12.6. The van der Waals surface area contributed by atoms with Crippen molar-refractivity contribution in [3.63, 3.8) is 0 Å². The molecule has 3 heterocycles. The van der Waals surface area contributed by atoms with Crippen molar-refractivity contribution >= 4 is 15.7 Å². The maximum absolute atomic E-state index is 13.3. The van der Waals surface area contributed by atoms with Crippen LogP contribution in [0, 0.1) is 0 Å². The zero-order valence-corrected chi connectivity index (χ0v) is 19.4. The number of sulfonamides is 1. The van der Waals surface area contributed by atoms with E-state index in [1.807, 2.05) is 24.3 Å². The number of aromatic nitrogens is 1. The molecule has 1 saturated heterocycles. The molecule has 32 heavy (non-hydrogen) atoms. The third kappa shape index (κ3) is 3.40. The smallest absolute Gasteiger partial charge is 0.243 e. The maximum Gasteiger partial charge on any atom is 0.243 e. The zero-order valence-electron chi connectivity index (χ0n) is 18.5. The Morgan fingerprint density at radius 2 is 1.81 bits per heavy atom. The summed E-state index contributed by atoms with van der Waals surface area (Å²) in [5.41, 5.74) is 4.14. The van der Waals surface area contributed by atoms with Crippen molar-refractivity contribution in [2.24, 2.45) is 0 Å². The first-order valence-electron chi connectivity index (χ1n) is 11.2. The Morgan fingerprint density at radius 1 is 1.06 bits per heavy atom. The molecule has 0 bridgehead atoms. The Morgan fingerprint density at radius 3 is 2.50 bits per heavy atom. The summed E-state index contributed by atoms with van der Waals surface area (Å²) >= 11 is 0. The van der Waals surface area contributed by atoms with Gasteiger partial charge in [0.2, 0.25) is 10.0 Å². The van der Waals surface area contributed by atoms with Crippen LogP contribution in [0.3, 0.4) is 0 Å². The van der Waals surface area contributed by atoms with Gasteiger partial charge in [-0.15, -0.1) is 0 Å². The van der Waals surface area contributed by atoms with E-state index >= 15 is 0 Å². The number of hydrogen-bond donors (Lipinski definition) is 1. The van der Waals surface area contributed by atoms with Gasteiger partial charge >= 0.3 is 0 Å². The molecule has 1 spiro atoms. The standard InChI is InChI=1S/C25H29N3O3S/c1-3-5-19-7-10-21(11-8-19)32(29,30)27-16-13-25(14-17-27)24-6-4-15-28(24)23-12-9-20(31-2)18-22(23)26-25/h4,6-12,15,18,26H,3,5,13-14,16-17H2,1-2H3. The molecule has 7 heteroatoms. The second-order valence-corrected chi connectivity index (χ2v) is 10.6. The number of fused-ring (bicyclic) bond motifs is 4. The fraction of sp³-hybridized carbons (Fsp3) is 0.360. The van der Waals surface area contributed by atoms with Crippen molar-refractivity contribution < 1.29 is 13.2 Å². The van der Waals surface area contributed by atoms with Crippen LogP contribution in [0.2, 0.25) is 0 Å². The molecule has 2 aliphatic heterocycles. The summed E-state index contributed by atoms with van der Waals surface area (Å²) in [6, 6.07) is 17.6. The van der Waals surface area contributed by atoms with Crippen molar-refractivity contribution in [1.82, 2.24) is 8.87 Å². The predicted molar refractivity (Wildman–Crippen MR) is 126 cm³/mol. The number of nitrogens with one attached hydrogen (secondary N) is 1. The van der Waals surface area contributed by atoms with E-state index in [0.29, 0.717) is 30.8 Å². The maximum atomic E-state index is 13.3. The van der Waals surface area contributed by atoms with E-state index in [2.05, 4.69) is 41.2 Å². The topological polar surface area (TPSA) is 63.6 Å². The van der Waals surface area contributed by atoms with Gasteiger partial charge in [0.15, 0.2) is 0 Å². The van der Waals surface area contributed by atoms with Crippen LogP contribution in [0.15, 0.2) is 65.7 Å². The van der Waals surface area contributed by atoms with E-state index in [0.717, 1.165) is 30.0 Å². The minimum atomic E-state index is -3.51. The van der Waals surface area contributed by atoms with Gasteiger partial charge < -0.3 is 14.6 Å². The van der Waals surface area contributed by atoms with Gasteiger partial charge in [-0.2, -0.15) is 4.31 Å². The van der Waals surface area contributed by atoms with Crippen molar-refractivity contribution in [2.75, 3.05) is 25.5 Å². The molecule has 0 unspecified atom stereocenters. The molecule has 2 aromatic carbocycles. The Hall–Kier alpha value is -2.77. The first-order chi connectivity index (χ1) is 15.5. The summed E-state index contributed by atoms with van der Waals surface area (Å²) < 4.78 is 35.8. The van der Waals surface area contributed by atoms with Gasteiger partial charge in [0.05, 0.1) is 28.9 Å². The number of methoxy groups -OCH3 is 1. The largest absolute Gasteiger partial charge is 0.497 e. The van der Waals surface area contributed by atoms with Gasteiger partial charge in [0.1, 0.15) is 5.75 Å². The molecule has 2 aliphatic rings. The number of rotatable bonds is 5. The van der Waals surface area contributed by atoms with Gasteiger partial charge in [-0.1, -0.05) is 25.5 Å². The minimum Gasteiger partial charge on any atom is -0.497 e. The molecule has 168 valence electrons. The average Bonchev–Trinajstić information content (AvgIpc) is 3.31. The van der Waals surface area contributed by atoms with Gasteiger partial charge in [0, 0.05) is 31.0 Å². The summed E-state index contributed by atoms with van der Waals surface area (Å²) in [5, 5.41) is 3.74. The molecule has 0 radical (unpaired) electrons. The molecule has 1 fully saturated rings. The summed E-state index contributed by atoms with van der Waals surface area (Å²) in [5.74, 6) is 0.800. The number of aryl methyl sites for hydroxylation is 1. The number of hydrogen-bond acceptors (Lipinski definition) is 4. The van der Waals surface area contributed by atoms with Crippen LogP contribution in [-0.2, 0) is 22.0 Å². The van der Waals surface area contributed by atoms with Crippen LogP contribution in [0.5, 0.6) is 5.75 Å². The van der Waals surface area contributed by atoms with Crippen LogP contribution in [0.25, 0.3) is 5.69 Å². The normalized spacial score (nSPS) is 17.4. The highest BCUT2D eigenvalue weighted by Crippen LogP contribution is 2.45.